The SMILES string of the molecule is CCCCCC(C)C(C)(O)C(=O)OCC. The van der Waals surface area contributed by atoms with Gasteiger partial charge in [-0.3, -0.25) is 0 Å². The van der Waals surface area contributed by atoms with Crippen molar-refractivity contribution in [3.05, 3.63) is 0 Å². The van der Waals surface area contributed by atoms with Crippen LogP contribution in [0, 0.1) is 5.92 Å². The van der Waals surface area contributed by atoms with Crippen molar-refractivity contribution in [2.75, 3.05) is 6.61 Å². The van der Waals surface area contributed by atoms with Gasteiger partial charge in [-0.25, -0.2) is 4.79 Å². The van der Waals surface area contributed by atoms with Crippen LogP contribution in [0.1, 0.15) is 53.4 Å². The lowest BCUT2D eigenvalue weighted by atomic mass is 9.86. The van der Waals surface area contributed by atoms with Crippen molar-refractivity contribution in [3.63, 3.8) is 0 Å². The Kier molecular flexibility index (Phi) is 6.57. The summed E-state index contributed by atoms with van der Waals surface area (Å²) in [5, 5.41) is 10.0. The summed E-state index contributed by atoms with van der Waals surface area (Å²) in [6.07, 6.45) is 4.20. The monoisotopic (exact) mass is 216 g/mol. The minimum atomic E-state index is -1.34. The maximum absolute atomic E-state index is 11.5. The maximum atomic E-state index is 11.5. The number of ether oxygens (including phenoxy) is 1. The summed E-state index contributed by atoms with van der Waals surface area (Å²) in [4.78, 5) is 11.5. The van der Waals surface area contributed by atoms with Gasteiger partial charge in [0.2, 0.25) is 0 Å². The molecule has 2 atom stereocenters. The van der Waals surface area contributed by atoms with Gasteiger partial charge in [-0.15, -0.1) is 0 Å². The fourth-order valence-electron chi connectivity index (χ4n) is 1.46. The molecule has 3 heteroatoms. The highest BCUT2D eigenvalue weighted by Gasteiger charge is 2.37. The van der Waals surface area contributed by atoms with Crippen LogP contribution < -0.4 is 0 Å². The molecule has 0 aromatic rings. The van der Waals surface area contributed by atoms with Crippen LogP contribution in [0.2, 0.25) is 0 Å². The van der Waals surface area contributed by atoms with Crippen molar-refractivity contribution in [2.24, 2.45) is 5.92 Å². The number of unbranched alkanes of at least 4 members (excludes halogenated alkanes) is 2. The summed E-state index contributed by atoms with van der Waals surface area (Å²) in [5.41, 5.74) is -1.34. The second kappa shape index (κ2) is 6.83. The molecular weight excluding hydrogens is 192 g/mol. The van der Waals surface area contributed by atoms with E-state index in [1.54, 1.807) is 13.8 Å². The van der Waals surface area contributed by atoms with Gasteiger partial charge in [0, 0.05) is 0 Å². The van der Waals surface area contributed by atoms with Crippen LogP contribution in [0.25, 0.3) is 0 Å². The molecule has 3 nitrogen and oxygen atoms in total. The van der Waals surface area contributed by atoms with Crippen LogP contribution in [0.4, 0.5) is 0 Å². The molecule has 0 heterocycles. The van der Waals surface area contributed by atoms with Gasteiger partial charge in [0.1, 0.15) is 0 Å². The average Bonchev–Trinajstić information content (AvgIpc) is 2.18. The van der Waals surface area contributed by atoms with Gasteiger partial charge in [0.05, 0.1) is 6.61 Å². The zero-order valence-corrected chi connectivity index (χ0v) is 10.4. The maximum Gasteiger partial charge on any atom is 0.338 e. The first-order valence-electron chi connectivity index (χ1n) is 5.86. The Hall–Kier alpha value is -0.570. The van der Waals surface area contributed by atoms with Gasteiger partial charge in [-0.2, -0.15) is 0 Å². The lowest BCUT2D eigenvalue weighted by Gasteiger charge is -2.27. The summed E-state index contributed by atoms with van der Waals surface area (Å²) >= 11 is 0. The van der Waals surface area contributed by atoms with Crippen LogP contribution in [0.5, 0.6) is 0 Å². The minimum Gasteiger partial charge on any atom is -0.464 e. The van der Waals surface area contributed by atoms with Gasteiger partial charge in [-0.1, -0.05) is 33.1 Å². The molecule has 90 valence electrons. The van der Waals surface area contributed by atoms with Gasteiger partial charge >= 0.3 is 5.97 Å². The van der Waals surface area contributed by atoms with E-state index in [-0.39, 0.29) is 5.92 Å². The van der Waals surface area contributed by atoms with Crippen LogP contribution in [-0.2, 0) is 9.53 Å². The fraction of sp³-hybridized carbons (Fsp3) is 0.917. The minimum absolute atomic E-state index is 0.0527. The quantitative estimate of drug-likeness (QED) is 0.525. The van der Waals surface area contributed by atoms with Crippen molar-refractivity contribution in [3.8, 4) is 0 Å². The smallest absolute Gasteiger partial charge is 0.338 e. The highest BCUT2D eigenvalue weighted by atomic mass is 16.5. The largest absolute Gasteiger partial charge is 0.464 e. The summed E-state index contributed by atoms with van der Waals surface area (Å²) in [6, 6.07) is 0. The zero-order chi connectivity index (χ0) is 11.9. The Balaban J connectivity index is 4.12. The van der Waals surface area contributed by atoms with E-state index in [1.165, 1.54) is 0 Å². The molecule has 0 fully saturated rings. The molecule has 0 rings (SSSR count). The molecule has 0 spiro atoms. The Morgan fingerprint density at radius 2 is 2.00 bits per heavy atom. The predicted molar refractivity (Wildman–Crippen MR) is 60.6 cm³/mol. The third-order valence-electron chi connectivity index (χ3n) is 2.89. The van der Waals surface area contributed by atoms with E-state index in [1.807, 2.05) is 6.92 Å². The highest BCUT2D eigenvalue weighted by molar-refractivity contribution is 5.79. The Morgan fingerprint density at radius 1 is 1.40 bits per heavy atom. The standard InChI is InChI=1S/C12H24O3/c1-5-7-8-9-10(3)12(4,14)11(13)15-6-2/h10,14H,5-9H2,1-4H3. The van der Waals surface area contributed by atoms with E-state index in [0.717, 1.165) is 25.7 Å². The van der Waals surface area contributed by atoms with E-state index >= 15 is 0 Å². The summed E-state index contributed by atoms with van der Waals surface area (Å²) in [5.74, 6) is -0.558. The Bertz CT molecular complexity index is 187. The van der Waals surface area contributed by atoms with Crippen LogP contribution in [0.3, 0.4) is 0 Å². The molecule has 2 unspecified atom stereocenters. The fourth-order valence-corrected chi connectivity index (χ4v) is 1.46. The highest BCUT2D eigenvalue weighted by Crippen LogP contribution is 2.24. The third-order valence-corrected chi connectivity index (χ3v) is 2.89. The summed E-state index contributed by atoms with van der Waals surface area (Å²) in [7, 11) is 0. The summed E-state index contributed by atoms with van der Waals surface area (Å²) in [6.45, 7) is 7.63. The normalized spacial score (nSPS) is 16.9. The van der Waals surface area contributed by atoms with Crippen molar-refractivity contribution in [2.45, 2.75) is 59.0 Å². The molecule has 0 aliphatic heterocycles. The summed E-state index contributed by atoms with van der Waals surface area (Å²) < 4.78 is 4.85. The molecule has 15 heavy (non-hydrogen) atoms. The molecule has 0 radical (unpaired) electrons. The first-order valence-corrected chi connectivity index (χ1v) is 5.86. The van der Waals surface area contributed by atoms with Gasteiger partial charge in [0.25, 0.3) is 0 Å². The van der Waals surface area contributed by atoms with E-state index in [0.29, 0.717) is 6.61 Å². The molecule has 0 saturated carbocycles. The number of rotatable bonds is 7. The van der Waals surface area contributed by atoms with E-state index < -0.39 is 11.6 Å². The number of carbonyl (C=O) groups excluding carboxylic acids is 1. The van der Waals surface area contributed by atoms with E-state index in [2.05, 4.69) is 6.92 Å². The van der Waals surface area contributed by atoms with Crippen LogP contribution in [0.15, 0.2) is 0 Å². The Labute approximate surface area is 92.8 Å². The molecular formula is C12H24O3. The van der Waals surface area contributed by atoms with Crippen molar-refractivity contribution < 1.29 is 14.6 Å². The molecule has 0 aromatic heterocycles. The van der Waals surface area contributed by atoms with Crippen molar-refractivity contribution >= 4 is 5.97 Å². The zero-order valence-electron chi connectivity index (χ0n) is 10.4. The average molecular weight is 216 g/mol. The van der Waals surface area contributed by atoms with Crippen molar-refractivity contribution in [1.29, 1.82) is 0 Å². The first-order chi connectivity index (χ1) is 6.96. The number of hydrogen-bond acceptors (Lipinski definition) is 3. The second-order valence-electron chi connectivity index (χ2n) is 4.26. The molecule has 0 aliphatic rings. The molecule has 1 N–H and O–H groups in total. The Morgan fingerprint density at radius 3 is 2.47 bits per heavy atom. The van der Waals surface area contributed by atoms with E-state index in [4.69, 9.17) is 4.74 Å². The van der Waals surface area contributed by atoms with Gasteiger partial charge in [-0.05, 0) is 26.2 Å². The number of hydrogen-bond donors (Lipinski definition) is 1. The number of esters is 1. The number of carbonyl (C=O) groups is 1. The number of aliphatic hydroxyl groups is 1. The van der Waals surface area contributed by atoms with E-state index in [9.17, 15) is 9.90 Å². The molecule has 0 bridgehead atoms. The third kappa shape index (κ3) is 4.65. The van der Waals surface area contributed by atoms with Crippen LogP contribution in [-0.4, -0.2) is 23.3 Å². The second-order valence-corrected chi connectivity index (χ2v) is 4.26. The molecule has 0 amide bonds. The van der Waals surface area contributed by atoms with Gasteiger partial charge in [0.15, 0.2) is 5.60 Å². The van der Waals surface area contributed by atoms with Crippen LogP contribution >= 0.6 is 0 Å². The molecule has 0 saturated heterocycles. The van der Waals surface area contributed by atoms with Crippen molar-refractivity contribution in [1.82, 2.24) is 0 Å². The topological polar surface area (TPSA) is 46.5 Å². The lowest BCUT2D eigenvalue weighted by Crippen LogP contribution is -2.43. The molecule has 0 aliphatic carbocycles. The van der Waals surface area contributed by atoms with Gasteiger partial charge < -0.3 is 9.84 Å². The molecule has 0 aromatic carbocycles. The first kappa shape index (κ1) is 14.4. The lowest BCUT2D eigenvalue weighted by molar-refractivity contribution is -0.168. The predicted octanol–water partition coefficient (Wildman–Crippen LogP) is 2.52.